The summed E-state index contributed by atoms with van der Waals surface area (Å²) < 4.78 is 13.1. The lowest BCUT2D eigenvalue weighted by Gasteiger charge is -2.31. The van der Waals surface area contributed by atoms with Gasteiger partial charge < -0.3 is 5.32 Å². The summed E-state index contributed by atoms with van der Waals surface area (Å²) in [5, 5.41) is 4.13. The van der Waals surface area contributed by atoms with Gasteiger partial charge >= 0.3 is 0 Å². The van der Waals surface area contributed by atoms with Crippen LogP contribution in [-0.4, -0.2) is 6.04 Å². The first-order valence-electron chi connectivity index (χ1n) is 7.29. The predicted molar refractivity (Wildman–Crippen MR) is 79.0 cm³/mol. The van der Waals surface area contributed by atoms with Crippen LogP contribution in [0.4, 0.5) is 4.39 Å². The zero-order valence-electron chi connectivity index (χ0n) is 11.8. The van der Waals surface area contributed by atoms with Crippen LogP contribution in [0.2, 0.25) is 5.02 Å². The highest BCUT2D eigenvalue weighted by molar-refractivity contribution is 6.31. The zero-order chi connectivity index (χ0) is 13.8. The number of rotatable bonds is 4. The van der Waals surface area contributed by atoms with Crippen molar-refractivity contribution in [3.05, 3.63) is 34.6 Å². The number of hydrogen-bond acceptors (Lipinski definition) is 1. The van der Waals surface area contributed by atoms with E-state index in [-0.39, 0.29) is 11.9 Å². The Kier molecular flexibility index (Phi) is 5.23. The SMILES string of the molecule is CC(N[C@H](C)C1CCCCC1)c1ccc(F)cc1Cl. The molecule has 1 N–H and O–H groups in total. The van der Waals surface area contributed by atoms with Gasteiger partial charge in [0.05, 0.1) is 0 Å². The Bertz CT molecular complexity index is 415. The molecule has 2 rings (SSSR count). The van der Waals surface area contributed by atoms with Crippen LogP contribution in [0.1, 0.15) is 57.6 Å². The Morgan fingerprint density at radius 2 is 1.89 bits per heavy atom. The van der Waals surface area contributed by atoms with E-state index in [1.807, 2.05) is 0 Å². The van der Waals surface area contributed by atoms with Crippen molar-refractivity contribution >= 4 is 11.6 Å². The number of hydrogen-bond donors (Lipinski definition) is 1. The Morgan fingerprint density at radius 3 is 2.53 bits per heavy atom. The third kappa shape index (κ3) is 3.93. The highest BCUT2D eigenvalue weighted by Gasteiger charge is 2.22. The summed E-state index contributed by atoms with van der Waals surface area (Å²) in [5.41, 5.74) is 0.978. The lowest BCUT2D eigenvalue weighted by atomic mass is 9.84. The van der Waals surface area contributed by atoms with Crippen molar-refractivity contribution < 1.29 is 4.39 Å². The van der Waals surface area contributed by atoms with Crippen LogP contribution in [-0.2, 0) is 0 Å². The second-order valence-corrected chi connectivity index (χ2v) is 6.15. The molecule has 0 aromatic heterocycles. The van der Waals surface area contributed by atoms with Crippen molar-refractivity contribution in [2.24, 2.45) is 5.92 Å². The van der Waals surface area contributed by atoms with Crippen LogP contribution in [0.15, 0.2) is 18.2 Å². The van der Waals surface area contributed by atoms with Crippen molar-refractivity contribution in [3.63, 3.8) is 0 Å². The topological polar surface area (TPSA) is 12.0 Å². The van der Waals surface area contributed by atoms with Crippen molar-refractivity contribution in [1.29, 1.82) is 0 Å². The minimum absolute atomic E-state index is 0.157. The maximum absolute atomic E-state index is 13.1. The molecule has 1 aliphatic rings. The van der Waals surface area contributed by atoms with E-state index >= 15 is 0 Å². The van der Waals surface area contributed by atoms with Gasteiger partial charge in [0.25, 0.3) is 0 Å². The van der Waals surface area contributed by atoms with Crippen molar-refractivity contribution in [3.8, 4) is 0 Å². The highest BCUT2D eigenvalue weighted by atomic mass is 35.5. The maximum atomic E-state index is 13.1. The van der Waals surface area contributed by atoms with Crippen LogP contribution in [0, 0.1) is 11.7 Å². The Balaban J connectivity index is 1.97. The summed E-state index contributed by atoms with van der Waals surface area (Å²) in [6.45, 7) is 4.35. The summed E-state index contributed by atoms with van der Waals surface area (Å²) in [6.07, 6.45) is 6.71. The fourth-order valence-corrected chi connectivity index (χ4v) is 3.44. The normalized spacial score (nSPS) is 20.2. The molecular formula is C16H23ClFN. The van der Waals surface area contributed by atoms with E-state index in [1.165, 1.54) is 44.2 Å². The van der Waals surface area contributed by atoms with Gasteiger partial charge in [-0.15, -0.1) is 0 Å². The molecule has 0 saturated heterocycles. The second kappa shape index (κ2) is 6.71. The quantitative estimate of drug-likeness (QED) is 0.811. The third-order valence-electron chi connectivity index (χ3n) is 4.30. The van der Waals surface area contributed by atoms with Gasteiger partial charge in [-0.25, -0.2) is 4.39 Å². The van der Waals surface area contributed by atoms with Crippen LogP contribution < -0.4 is 5.32 Å². The van der Waals surface area contributed by atoms with Crippen LogP contribution in [0.5, 0.6) is 0 Å². The first-order chi connectivity index (χ1) is 9.08. The second-order valence-electron chi connectivity index (χ2n) is 5.74. The molecule has 1 aromatic carbocycles. The smallest absolute Gasteiger partial charge is 0.124 e. The molecular weight excluding hydrogens is 261 g/mol. The average Bonchev–Trinajstić information content (AvgIpc) is 2.39. The Labute approximate surface area is 120 Å². The fourth-order valence-electron chi connectivity index (χ4n) is 3.11. The van der Waals surface area contributed by atoms with Gasteiger partial charge in [0.2, 0.25) is 0 Å². The van der Waals surface area contributed by atoms with E-state index in [9.17, 15) is 4.39 Å². The van der Waals surface area contributed by atoms with Gasteiger partial charge in [0, 0.05) is 17.1 Å². The molecule has 0 heterocycles. The monoisotopic (exact) mass is 283 g/mol. The first-order valence-corrected chi connectivity index (χ1v) is 7.66. The van der Waals surface area contributed by atoms with Crippen LogP contribution in [0.25, 0.3) is 0 Å². The van der Waals surface area contributed by atoms with Crippen molar-refractivity contribution in [2.45, 2.75) is 58.0 Å². The van der Waals surface area contributed by atoms with Gasteiger partial charge in [-0.2, -0.15) is 0 Å². The Hall–Kier alpha value is -0.600. The van der Waals surface area contributed by atoms with E-state index < -0.39 is 0 Å². The molecule has 1 saturated carbocycles. The first kappa shape index (κ1) is 14.8. The third-order valence-corrected chi connectivity index (χ3v) is 4.63. The maximum Gasteiger partial charge on any atom is 0.124 e. The minimum atomic E-state index is -0.277. The van der Waals surface area contributed by atoms with E-state index in [1.54, 1.807) is 6.07 Å². The molecule has 0 radical (unpaired) electrons. The molecule has 3 heteroatoms. The molecule has 0 amide bonds. The van der Waals surface area contributed by atoms with Crippen LogP contribution in [0.3, 0.4) is 0 Å². The van der Waals surface area contributed by atoms with E-state index in [0.717, 1.165) is 11.5 Å². The number of benzene rings is 1. The molecule has 0 spiro atoms. The molecule has 1 aliphatic carbocycles. The molecule has 1 unspecified atom stereocenters. The predicted octanol–water partition coefficient (Wildman–Crippen LogP) is 5.10. The summed E-state index contributed by atoms with van der Waals surface area (Å²) in [6, 6.07) is 5.29. The lowest BCUT2D eigenvalue weighted by molar-refractivity contribution is 0.268. The summed E-state index contributed by atoms with van der Waals surface area (Å²) in [7, 11) is 0. The summed E-state index contributed by atoms with van der Waals surface area (Å²) in [4.78, 5) is 0. The molecule has 106 valence electrons. The molecule has 0 bridgehead atoms. The van der Waals surface area contributed by atoms with Gasteiger partial charge in [-0.3, -0.25) is 0 Å². The highest BCUT2D eigenvalue weighted by Crippen LogP contribution is 2.29. The number of halogens is 2. The zero-order valence-corrected chi connectivity index (χ0v) is 12.5. The summed E-state index contributed by atoms with van der Waals surface area (Å²) in [5.74, 6) is 0.483. The minimum Gasteiger partial charge on any atom is -0.307 e. The van der Waals surface area contributed by atoms with E-state index in [2.05, 4.69) is 19.2 Å². The fraction of sp³-hybridized carbons (Fsp3) is 0.625. The van der Waals surface area contributed by atoms with Crippen molar-refractivity contribution in [1.82, 2.24) is 5.32 Å². The van der Waals surface area contributed by atoms with E-state index in [4.69, 9.17) is 11.6 Å². The van der Waals surface area contributed by atoms with Crippen molar-refractivity contribution in [2.75, 3.05) is 0 Å². The standard InChI is InChI=1S/C16H23ClFN/c1-11(13-6-4-3-5-7-13)19-12(2)15-9-8-14(18)10-16(15)17/h8-13,19H,3-7H2,1-2H3/t11-,12?/m1/s1. The van der Waals surface area contributed by atoms with Gasteiger partial charge in [0.15, 0.2) is 0 Å². The van der Waals surface area contributed by atoms with Gasteiger partial charge in [0.1, 0.15) is 5.82 Å². The van der Waals surface area contributed by atoms with E-state index in [0.29, 0.717) is 11.1 Å². The molecule has 0 aliphatic heterocycles. The Morgan fingerprint density at radius 1 is 1.21 bits per heavy atom. The average molecular weight is 284 g/mol. The molecule has 2 atom stereocenters. The lowest BCUT2D eigenvalue weighted by Crippen LogP contribution is -2.36. The number of nitrogens with one attached hydrogen (secondary N) is 1. The van der Waals surface area contributed by atoms with Crippen LogP contribution >= 0.6 is 11.6 Å². The molecule has 1 aromatic rings. The molecule has 1 nitrogen and oxygen atoms in total. The van der Waals surface area contributed by atoms with Gasteiger partial charge in [-0.1, -0.05) is 36.9 Å². The van der Waals surface area contributed by atoms with Gasteiger partial charge in [-0.05, 0) is 50.3 Å². The largest absolute Gasteiger partial charge is 0.307 e. The molecule has 19 heavy (non-hydrogen) atoms. The molecule has 1 fully saturated rings. The summed E-state index contributed by atoms with van der Waals surface area (Å²) >= 11 is 6.11.